The first-order valence-corrected chi connectivity index (χ1v) is 7.22. The molecule has 17 heavy (non-hydrogen) atoms. The van der Waals surface area contributed by atoms with Gasteiger partial charge in [0.05, 0.1) is 6.04 Å². The second-order valence-electron chi connectivity index (χ2n) is 5.68. The van der Waals surface area contributed by atoms with E-state index < -0.39 is 0 Å². The van der Waals surface area contributed by atoms with E-state index in [0.29, 0.717) is 11.9 Å². The Bertz CT molecular complexity index is 253. The van der Waals surface area contributed by atoms with Crippen LogP contribution < -0.4 is 5.32 Å². The highest BCUT2D eigenvalue weighted by Gasteiger charge is 2.30. The number of carbonyl (C=O) groups excluding carboxylic acids is 1. The Labute approximate surface area is 105 Å². The third kappa shape index (κ3) is 3.01. The van der Waals surface area contributed by atoms with Crippen LogP contribution in [0.15, 0.2) is 0 Å². The first kappa shape index (κ1) is 12.9. The lowest BCUT2D eigenvalue weighted by atomic mass is 9.84. The fraction of sp³-hybridized carbons (Fsp3) is 0.929. The Kier molecular flexibility index (Phi) is 4.43. The first-order chi connectivity index (χ1) is 8.22. The fourth-order valence-electron chi connectivity index (χ4n) is 3.26. The van der Waals surface area contributed by atoms with Gasteiger partial charge in [-0.2, -0.15) is 0 Å². The van der Waals surface area contributed by atoms with Crippen LogP contribution in [-0.4, -0.2) is 36.5 Å². The summed E-state index contributed by atoms with van der Waals surface area (Å²) in [5.41, 5.74) is 0. The standard InChI is InChI=1S/C14H26N2O/c1-3-11-6-8-12(9-7-11)16(2)14(17)13-5-4-10-15-13/h11-13,15H,3-10H2,1-2H3/t11?,12?,13-/m0/s1. The average Bonchev–Trinajstić information content (AvgIpc) is 2.91. The molecule has 3 heteroatoms. The lowest BCUT2D eigenvalue weighted by Gasteiger charge is -2.35. The van der Waals surface area contributed by atoms with Crippen molar-refractivity contribution >= 4 is 5.91 Å². The minimum Gasteiger partial charge on any atom is -0.341 e. The Morgan fingerprint density at radius 2 is 1.94 bits per heavy atom. The summed E-state index contributed by atoms with van der Waals surface area (Å²) >= 11 is 0. The average molecular weight is 238 g/mol. The molecule has 1 heterocycles. The molecule has 0 unspecified atom stereocenters. The van der Waals surface area contributed by atoms with Crippen molar-refractivity contribution in [2.75, 3.05) is 13.6 Å². The molecule has 0 aromatic carbocycles. The molecule has 1 N–H and O–H groups in total. The van der Waals surface area contributed by atoms with Crippen LogP contribution in [0.1, 0.15) is 51.9 Å². The van der Waals surface area contributed by atoms with Crippen LogP contribution in [-0.2, 0) is 4.79 Å². The minimum absolute atomic E-state index is 0.101. The molecule has 1 saturated heterocycles. The fourth-order valence-corrected chi connectivity index (χ4v) is 3.26. The van der Waals surface area contributed by atoms with E-state index >= 15 is 0 Å². The van der Waals surface area contributed by atoms with Crippen molar-refractivity contribution in [3.8, 4) is 0 Å². The smallest absolute Gasteiger partial charge is 0.239 e. The van der Waals surface area contributed by atoms with Gasteiger partial charge in [-0.15, -0.1) is 0 Å². The van der Waals surface area contributed by atoms with Crippen LogP contribution in [0.5, 0.6) is 0 Å². The Morgan fingerprint density at radius 3 is 2.47 bits per heavy atom. The molecule has 0 aromatic rings. The molecule has 1 aliphatic heterocycles. The predicted octanol–water partition coefficient (Wildman–Crippen LogP) is 2.17. The molecule has 0 spiro atoms. The summed E-state index contributed by atoms with van der Waals surface area (Å²) in [5, 5.41) is 3.31. The second-order valence-corrected chi connectivity index (χ2v) is 5.68. The van der Waals surface area contributed by atoms with Crippen molar-refractivity contribution in [2.24, 2.45) is 5.92 Å². The third-order valence-electron chi connectivity index (χ3n) is 4.65. The highest BCUT2D eigenvalue weighted by molar-refractivity contribution is 5.82. The van der Waals surface area contributed by atoms with E-state index in [-0.39, 0.29) is 6.04 Å². The van der Waals surface area contributed by atoms with Crippen molar-refractivity contribution in [3.63, 3.8) is 0 Å². The molecular weight excluding hydrogens is 212 g/mol. The number of rotatable bonds is 3. The van der Waals surface area contributed by atoms with Crippen molar-refractivity contribution in [1.29, 1.82) is 0 Å². The Morgan fingerprint density at radius 1 is 1.24 bits per heavy atom. The monoisotopic (exact) mass is 238 g/mol. The molecule has 1 saturated carbocycles. The van der Waals surface area contributed by atoms with Gasteiger partial charge < -0.3 is 10.2 Å². The van der Waals surface area contributed by atoms with E-state index in [4.69, 9.17) is 0 Å². The molecule has 98 valence electrons. The zero-order chi connectivity index (χ0) is 12.3. The topological polar surface area (TPSA) is 32.3 Å². The van der Waals surface area contributed by atoms with E-state index in [1.54, 1.807) is 0 Å². The highest BCUT2D eigenvalue weighted by atomic mass is 16.2. The van der Waals surface area contributed by atoms with E-state index in [2.05, 4.69) is 12.2 Å². The number of hydrogen-bond acceptors (Lipinski definition) is 2. The summed E-state index contributed by atoms with van der Waals surface area (Å²) < 4.78 is 0. The van der Waals surface area contributed by atoms with E-state index in [9.17, 15) is 4.79 Å². The zero-order valence-electron chi connectivity index (χ0n) is 11.2. The van der Waals surface area contributed by atoms with Crippen molar-refractivity contribution in [1.82, 2.24) is 10.2 Å². The molecule has 2 aliphatic rings. The van der Waals surface area contributed by atoms with Gasteiger partial charge in [0.2, 0.25) is 5.91 Å². The molecule has 1 atom stereocenters. The van der Waals surface area contributed by atoms with Gasteiger partial charge in [0, 0.05) is 13.1 Å². The Balaban J connectivity index is 1.83. The molecule has 2 rings (SSSR count). The van der Waals surface area contributed by atoms with Gasteiger partial charge in [0.25, 0.3) is 0 Å². The third-order valence-corrected chi connectivity index (χ3v) is 4.65. The summed E-state index contributed by atoms with van der Waals surface area (Å²) in [6.45, 7) is 3.29. The van der Waals surface area contributed by atoms with Gasteiger partial charge in [-0.3, -0.25) is 4.79 Å². The summed E-state index contributed by atoms with van der Waals surface area (Å²) in [4.78, 5) is 14.3. The molecular formula is C14H26N2O. The van der Waals surface area contributed by atoms with Crippen molar-refractivity contribution in [3.05, 3.63) is 0 Å². The van der Waals surface area contributed by atoms with Crippen LogP contribution in [0.4, 0.5) is 0 Å². The number of carbonyl (C=O) groups is 1. The number of amides is 1. The van der Waals surface area contributed by atoms with Gasteiger partial charge in [0.15, 0.2) is 0 Å². The van der Waals surface area contributed by atoms with E-state index in [0.717, 1.165) is 25.3 Å². The maximum Gasteiger partial charge on any atom is 0.239 e. The Hall–Kier alpha value is -0.570. The number of hydrogen-bond donors (Lipinski definition) is 1. The van der Waals surface area contributed by atoms with Crippen LogP contribution in [0.3, 0.4) is 0 Å². The predicted molar refractivity (Wildman–Crippen MR) is 69.8 cm³/mol. The summed E-state index contributed by atoms with van der Waals surface area (Å²) in [5.74, 6) is 1.22. The van der Waals surface area contributed by atoms with Crippen LogP contribution in [0.25, 0.3) is 0 Å². The van der Waals surface area contributed by atoms with Gasteiger partial charge >= 0.3 is 0 Å². The summed E-state index contributed by atoms with van der Waals surface area (Å²) in [7, 11) is 2.00. The number of nitrogens with one attached hydrogen (secondary N) is 1. The lowest BCUT2D eigenvalue weighted by molar-refractivity contribution is -0.134. The zero-order valence-corrected chi connectivity index (χ0v) is 11.2. The minimum atomic E-state index is 0.101. The maximum absolute atomic E-state index is 12.3. The van der Waals surface area contributed by atoms with Gasteiger partial charge in [-0.1, -0.05) is 13.3 Å². The van der Waals surface area contributed by atoms with Crippen molar-refractivity contribution in [2.45, 2.75) is 64.0 Å². The second kappa shape index (κ2) is 5.85. The number of nitrogens with zero attached hydrogens (tertiary/aromatic N) is 1. The van der Waals surface area contributed by atoms with Crippen LogP contribution in [0.2, 0.25) is 0 Å². The highest BCUT2D eigenvalue weighted by Crippen LogP contribution is 2.29. The summed E-state index contributed by atoms with van der Waals surface area (Å²) in [6, 6.07) is 0.594. The van der Waals surface area contributed by atoms with Gasteiger partial charge in [0.1, 0.15) is 0 Å². The number of likely N-dealkylation sites (N-methyl/N-ethyl adjacent to an activating group) is 1. The maximum atomic E-state index is 12.3. The molecule has 1 amide bonds. The molecule has 3 nitrogen and oxygen atoms in total. The van der Waals surface area contributed by atoms with Crippen molar-refractivity contribution < 1.29 is 4.79 Å². The van der Waals surface area contributed by atoms with Gasteiger partial charge in [-0.25, -0.2) is 0 Å². The first-order valence-electron chi connectivity index (χ1n) is 7.22. The lowest BCUT2D eigenvalue weighted by Crippen LogP contribution is -2.47. The SMILES string of the molecule is CCC1CCC(N(C)C(=O)[C@@H]2CCCN2)CC1. The molecule has 2 fully saturated rings. The molecule has 0 aromatic heterocycles. The van der Waals surface area contributed by atoms with E-state index in [1.165, 1.54) is 32.1 Å². The molecule has 0 radical (unpaired) electrons. The largest absolute Gasteiger partial charge is 0.341 e. The molecule has 1 aliphatic carbocycles. The molecule has 0 bridgehead atoms. The van der Waals surface area contributed by atoms with Gasteiger partial charge in [-0.05, 0) is 51.0 Å². The van der Waals surface area contributed by atoms with Crippen LogP contribution >= 0.6 is 0 Å². The normalized spacial score (nSPS) is 33.6. The summed E-state index contributed by atoms with van der Waals surface area (Å²) in [6.07, 6.45) is 8.48. The quantitative estimate of drug-likeness (QED) is 0.817. The van der Waals surface area contributed by atoms with Crippen LogP contribution in [0, 0.1) is 5.92 Å². The van der Waals surface area contributed by atoms with E-state index in [1.807, 2.05) is 11.9 Å².